The Kier molecular flexibility index (Phi) is 8.25. The summed E-state index contributed by atoms with van der Waals surface area (Å²) >= 11 is 0. The van der Waals surface area contributed by atoms with Gasteiger partial charge in [-0.25, -0.2) is 9.45 Å². The summed E-state index contributed by atoms with van der Waals surface area (Å²) in [6.45, 7) is 0.0341. The highest BCUT2D eigenvalue weighted by Crippen LogP contribution is 2.56. The molecule has 0 aliphatic heterocycles. The zero-order valence-corrected chi connectivity index (χ0v) is 21.8. The molecule has 0 radical (unpaired) electrons. The van der Waals surface area contributed by atoms with Gasteiger partial charge in [-0.15, -0.1) is 0 Å². The van der Waals surface area contributed by atoms with Gasteiger partial charge in [0, 0.05) is 11.6 Å². The lowest BCUT2D eigenvalue weighted by molar-refractivity contribution is -0.198. The van der Waals surface area contributed by atoms with Gasteiger partial charge in [-0.1, -0.05) is 18.2 Å². The van der Waals surface area contributed by atoms with Crippen LogP contribution in [0.1, 0.15) is 23.1 Å². The monoisotopic (exact) mass is 539 g/mol. The maximum atomic E-state index is 13.9. The summed E-state index contributed by atoms with van der Waals surface area (Å²) in [6, 6.07) is 16.0. The molecule has 1 saturated carbocycles. The van der Waals surface area contributed by atoms with Crippen LogP contribution in [0.4, 0.5) is 4.39 Å². The van der Waals surface area contributed by atoms with E-state index in [1.807, 2.05) is 0 Å². The molecule has 0 spiro atoms. The largest absolute Gasteiger partial charge is 0.505 e. The number of carboxylic acid groups (broad SMARTS) is 1. The SMILES string of the molecule is COc1ccc(CON(Cc2ccc(OC)cc2OC)C(=O)C2CC2(Cc2ccc(O)c(F)c2)C(=O)O)cc1. The molecule has 10 heteroatoms. The maximum absolute atomic E-state index is 13.9. The Labute approximate surface area is 225 Å². The highest BCUT2D eigenvalue weighted by Gasteiger charge is 2.64. The van der Waals surface area contributed by atoms with Crippen LogP contribution < -0.4 is 14.2 Å². The number of benzene rings is 3. The van der Waals surface area contributed by atoms with Gasteiger partial charge >= 0.3 is 5.97 Å². The number of methoxy groups -OCH3 is 3. The molecule has 3 aromatic carbocycles. The van der Waals surface area contributed by atoms with Gasteiger partial charge in [0.1, 0.15) is 23.9 Å². The van der Waals surface area contributed by atoms with Crippen molar-refractivity contribution >= 4 is 11.9 Å². The summed E-state index contributed by atoms with van der Waals surface area (Å²) in [5, 5.41) is 20.7. The van der Waals surface area contributed by atoms with Crippen molar-refractivity contribution in [3.05, 3.63) is 83.2 Å². The topological polar surface area (TPSA) is 115 Å². The van der Waals surface area contributed by atoms with E-state index in [-0.39, 0.29) is 26.0 Å². The van der Waals surface area contributed by atoms with Crippen LogP contribution in [0.5, 0.6) is 23.0 Å². The number of carbonyl (C=O) groups is 2. The second-order valence-electron chi connectivity index (χ2n) is 9.35. The van der Waals surface area contributed by atoms with Gasteiger partial charge in [0.05, 0.1) is 39.2 Å². The molecule has 4 rings (SSSR count). The molecule has 0 saturated heterocycles. The molecule has 39 heavy (non-hydrogen) atoms. The zero-order valence-electron chi connectivity index (χ0n) is 21.8. The van der Waals surface area contributed by atoms with Gasteiger partial charge in [-0.05, 0) is 60.4 Å². The number of amides is 1. The van der Waals surface area contributed by atoms with Crippen molar-refractivity contribution in [1.82, 2.24) is 5.06 Å². The zero-order chi connectivity index (χ0) is 28.2. The summed E-state index contributed by atoms with van der Waals surface area (Å²) in [5.74, 6) is -2.24. The van der Waals surface area contributed by atoms with Crippen molar-refractivity contribution in [2.75, 3.05) is 21.3 Å². The summed E-state index contributed by atoms with van der Waals surface area (Å²) in [7, 11) is 4.58. The van der Waals surface area contributed by atoms with E-state index in [4.69, 9.17) is 19.0 Å². The predicted molar refractivity (Wildman–Crippen MR) is 138 cm³/mol. The standard InChI is InChI=1S/C29H30FNO8/c1-36-21-8-4-18(5-9-21)17-39-31(16-20-7-10-22(37-2)13-26(20)38-3)27(33)23-15-29(23,28(34)35)14-19-6-11-25(32)24(30)12-19/h4-13,23,32H,14-17H2,1-3H3,(H,34,35). The van der Waals surface area contributed by atoms with Crippen LogP contribution in [0, 0.1) is 17.2 Å². The molecule has 1 amide bonds. The summed E-state index contributed by atoms with van der Waals surface area (Å²) in [5.41, 5.74) is 0.343. The molecule has 0 heterocycles. The highest BCUT2D eigenvalue weighted by atomic mass is 19.1. The Bertz CT molecular complexity index is 1350. The number of nitrogens with zero attached hydrogens (tertiary/aromatic N) is 1. The van der Waals surface area contributed by atoms with Gasteiger partial charge in [0.2, 0.25) is 0 Å². The predicted octanol–water partition coefficient (Wildman–Crippen LogP) is 4.35. The Morgan fingerprint density at radius 3 is 2.23 bits per heavy atom. The molecule has 206 valence electrons. The third kappa shape index (κ3) is 6.06. The lowest BCUT2D eigenvalue weighted by Crippen LogP contribution is -2.35. The number of carbonyl (C=O) groups excluding carboxylic acids is 1. The first-order valence-electron chi connectivity index (χ1n) is 12.2. The molecule has 1 aliphatic carbocycles. The van der Waals surface area contributed by atoms with E-state index in [9.17, 15) is 24.2 Å². The third-order valence-corrected chi connectivity index (χ3v) is 6.93. The minimum atomic E-state index is -1.42. The smallest absolute Gasteiger partial charge is 0.310 e. The molecule has 1 aliphatic rings. The molecule has 2 atom stereocenters. The van der Waals surface area contributed by atoms with Crippen LogP contribution in [0.2, 0.25) is 0 Å². The fourth-order valence-corrected chi connectivity index (χ4v) is 4.53. The fourth-order valence-electron chi connectivity index (χ4n) is 4.53. The fraction of sp³-hybridized carbons (Fsp3) is 0.310. The summed E-state index contributed by atoms with van der Waals surface area (Å²) < 4.78 is 29.8. The number of halogens is 1. The van der Waals surface area contributed by atoms with Crippen LogP contribution >= 0.6 is 0 Å². The van der Waals surface area contributed by atoms with Crippen LogP contribution in [-0.4, -0.2) is 48.5 Å². The Balaban J connectivity index is 1.59. The maximum Gasteiger partial charge on any atom is 0.310 e. The molecule has 1 fully saturated rings. The van der Waals surface area contributed by atoms with Crippen molar-refractivity contribution in [1.29, 1.82) is 0 Å². The Hall–Kier alpha value is -4.31. The van der Waals surface area contributed by atoms with Gasteiger partial charge in [-0.3, -0.25) is 14.4 Å². The number of hydrogen-bond acceptors (Lipinski definition) is 7. The van der Waals surface area contributed by atoms with Crippen LogP contribution in [0.3, 0.4) is 0 Å². The van der Waals surface area contributed by atoms with Crippen LogP contribution in [0.15, 0.2) is 60.7 Å². The lowest BCUT2D eigenvalue weighted by Gasteiger charge is -2.24. The first-order valence-corrected chi connectivity index (χ1v) is 12.2. The second-order valence-corrected chi connectivity index (χ2v) is 9.35. The van der Waals surface area contributed by atoms with Crippen molar-refractivity contribution in [2.24, 2.45) is 11.3 Å². The molecular formula is C29H30FNO8. The third-order valence-electron chi connectivity index (χ3n) is 6.93. The van der Waals surface area contributed by atoms with Crippen molar-refractivity contribution in [2.45, 2.75) is 26.0 Å². The molecular weight excluding hydrogens is 509 g/mol. The quantitative estimate of drug-likeness (QED) is 0.327. The number of rotatable bonds is 12. The minimum Gasteiger partial charge on any atom is -0.505 e. The van der Waals surface area contributed by atoms with E-state index in [2.05, 4.69) is 0 Å². The van der Waals surface area contributed by atoms with E-state index < -0.39 is 34.8 Å². The van der Waals surface area contributed by atoms with E-state index in [0.717, 1.165) is 16.7 Å². The van der Waals surface area contributed by atoms with Gasteiger partial charge in [-0.2, -0.15) is 0 Å². The summed E-state index contributed by atoms with van der Waals surface area (Å²) in [4.78, 5) is 32.0. The number of aliphatic carboxylic acids is 1. The number of phenols is 1. The van der Waals surface area contributed by atoms with Crippen LogP contribution in [0.25, 0.3) is 0 Å². The van der Waals surface area contributed by atoms with E-state index in [1.54, 1.807) is 49.6 Å². The van der Waals surface area contributed by atoms with Gasteiger partial charge < -0.3 is 24.4 Å². The van der Waals surface area contributed by atoms with Gasteiger partial charge in [0.15, 0.2) is 11.6 Å². The minimum absolute atomic E-state index is 0.0117. The number of hydroxylamine groups is 2. The number of hydrogen-bond donors (Lipinski definition) is 2. The van der Waals surface area contributed by atoms with E-state index in [1.165, 1.54) is 26.4 Å². The molecule has 2 N–H and O–H groups in total. The van der Waals surface area contributed by atoms with Crippen molar-refractivity contribution < 1.29 is 43.2 Å². The molecule has 0 bridgehead atoms. The number of aromatic hydroxyl groups is 1. The second kappa shape index (κ2) is 11.6. The average Bonchev–Trinajstić information content (AvgIpc) is 3.68. The Morgan fingerprint density at radius 1 is 0.949 bits per heavy atom. The average molecular weight is 540 g/mol. The van der Waals surface area contributed by atoms with Crippen LogP contribution in [-0.2, 0) is 34.0 Å². The first kappa shape index (κ1) is 27.7. The highest BCUT2D eigenvalue weighted by molar-refractivity contribution is 5.92. The lowest BCUT2D eigenvalue weighted by atomic mass is 9.93. The molecule has 3 aromatic rings. The first-order chi connectivity index (χ1) is 18.7. The number of ether oxygens (including phenoxy) is 3. The van der Waals surface area contributed by atoms with Crippen molar-refractivity contribution in [3.63, 3.8) is 0 Å². The Morgan fingerprint density at radius 2 is 1.62 bits per heavy atom. The normalized spacial score (nSPS) is 17.8. The van der Waals surface area contributed by atoms with Crippen molar-refractivity contribution in [3.8, 4) is 23.0 Å². The summed E-state index contributed by atoms with van der Waals surface area (Å²) in [6.07, 6.45) is -0.0140. The molecule has 2 unspecified atom stereocenters. The van der Waals surface area contributed by atoms with E-state index >= 15 is 0 Å². The van der Waals surface area contributed by atoms with E-state index in [0.29, 0.717) is 28.4 Å². The number of carboxylic acids is 1. The molecule has 9 nitrogen and oxygen atoms in total. The number of phenolic OH excluding ortho intramolecular Hbond substituents is 1. The van der Waals surface area contributed by atoms with Gasteiger partial charge in [0.25, 0.3) is 5.91 Å². The molecule has 0 aromatic heterocycles.